The van der Waals surface area contributed by atoms with Crippen LogP contribution >= 0.6 is 0 Å². The molecule has 0 spiro atoms. The summed E-state index contributed by atoms with van der Waals surface area (Å²) in [7, 11) is 2.22. The highest BCUT2D eigenvalue weighted by Crippen LogP contribution is 2.29. The smallest absolute Gasteiger partial charge is 0.461 e. The zero-order valence-corrected chi connectivity index (χ0v) is 19.9. The SMILES string of the molecule is CCC(C)COC(=O)O[C@@H](C)COC(=O)[C@@H](N)Cc1ccc(OC(=O)OC)c(OC(=O)OC)c1. The van der Waals surface area contributed by atoms with Crippen LogP contribution in [-0.2, 0) is 34.9 Å². The molecule has 0 aliphatic heterocycles. The highest BCUT2D eigenvalue weighted by molar-refractivity contribution is 5.76. The quantitative estimate of drug-likeness (QED) is 0.278. The zero-order chi connectivity index (χ0) is 25.7. The molecule has 0 saturated heterocycles. The Labute approximate surface area is 197 Å². The topological polar surface area (TPSA) is 159 Å². The van der Waals surface area contributed by atoms with Crippen molar-refractivity contribution in [1.29, 1.82) is 0 Å². The van der Waals surface area contributed by atoms with Gasteiger partial charge in [0.15, 0.2) is 11.5 Å². The predicted octanol–water partition coefficient (Wildman–Crippen LogP) is 2.98. The van der Waals surface area contributed by atoms with Gasteiger partial charge in [-0.1, -0.05) is 26.3 Å². The van der Waals surface area contributed by atoms with Crippen molar-refractivity contribution in [3.63, 3.8) is 0 Å². The molecule has 0 bridgehead atoms. The van der Waals surface area contributed by atoms with Crippen molar-refractivity contribution in [1.82, 2.24) is 0 Å². The Kier molecular flexibility index (Phi) is 12.2. The van der Waals surface area contributed by atoms with Crippen LogP contribution in [0.3, 0.4) is 0 Å². The van der Waals surface area contributed by atoms with Gasteiger partial charge < -0.3 is 38.9 Å². The van der Waals surface area contributed by atoms with Crippen LogP contribution in [0.5, 0.6) is 11.5 Å². The Morgan fingerprint density at radius 1 is 0.882 bits per heavy atom. The van der Waals surface area contributed by atoms with E-state index >= 15 is 0 Å². The van der Waals surface area contributed by atoms with E-state index in [1.54, 1.807) is 6.92 Å². The number of carbonyl (C=O) groups excluding carboxylic acids is 4. The van der Waals surface area contributed by atoms with Crippen LogP contribution in [0, 0.1) is 5.92 Å². The summed E-state index contributed by atoms with van der Waals surface area (Å²) in [6.07, 6.45) is -2.80. The maximum atomic E-state index is 12.2. The van der Waals surface area contributed by atoms with Crippen molar-refractivity contribution < 1.29 is 52.3 Å². The van der Waals surface area contributed by atoms with E-state index in [9.17, 15) is 19.2 Å². The lowest BCUT2D eigenvalue weighted by Crippen LogP contribution is -2.36. The molecular formula is C22H31NO11. The van der Waals surface area contributed by atoms with Crippen molar-refractivity contribution in [3.8, 4) is 11.5 Å². The average Bonchev–Trinajstić information content (AvgIpc) is 2.82. The molecule has 0 aromatic heterocycles. The molecule has 0 saturated carbocycles. The van der Waals surface area contributed by atoms with Gasteiger partial charge in [-0.2, -0.15) is 0 Å². The summed E-state index contributed by atoms with van der Waals surface area (Å²) in [5.41, 5.74) is 6.38. The number of ether oxygens (including phenoxy) is 7. The molecule has 3 atom stereocenters. The molecule has 0 aliphatic carbocycles. The third-order valence-corrected chi connectivity index (χ3v) is 4.43. The summed E-state index contributed by atoms with van der Waals surface area (Å²) in [5, 5.41) is 0. The second-order valence-electron chi connectivity index (χ2n) is 7.34. The molecule has 1 rings (SSSR count). The first kappa shape index (κ1) is 28.5. The Bertz CT molecular complexity index is 842. The van der Waals surface area contributed by atoms with Crippen LogP contribution in [0.25, 0.3) is 0 Å². The summed E-state index contributed by atoms with van der Waals surface area (Å²) in [5.74, 6) is -0.788. The maximum absolute atomic E-state index is 12.2. The molecule has 2 N–H and O–H groups in total. The molecule has 0 radical (unpaired) electrons. The molecule has 1 unspecified atom stereocenters. The highest BCUT2D eigenvalue weighted by Gasteiger charge is 2.21. The normalized spacial score (nSPS) is 13.0. The molecule has 0 fully saturated rings. The number of rotatable bonds is 11. The summed E-state index contributed by atoms with van der Waals surface area (Å²) >= 11 is 0. The van der Waals surface area contributed by atoms with Gasteiger partial charge in [0.05, 0.1) is 20.8 Å². The number of hydrogen-bond donors (Lipinski definition) is 1. The first-order valence-corrected chi connectivity index (χ1v) is 10.5. The third-order valence-electron chi connectivity index (χ3n) is 4.43. The van der Waals surface area contributed by atoms with Crippen LogP contribution in [0.4, 0.5) is 14.4 Å². The lowest BCUT2D eigenvalue weighted by Gasteiger charge is -2.17. The van der Waals surface area contributed by atoms with Gasteiger partial charge in [-0.05, 0) is 37.0 Å². The fraction of sp³-hybridized carbons (Fsp3) is 0.545. The predicted molar refractivity (Wildman–Crippen MR) is 116 cm³/mol. The van der Waals surface area contributed by atoms with Crippen LogP contribution in [0.1, 0.15) is 32.8 Å². The van der Waals surface area contributed by atoms with Gasteiger partial charge in [0.2, 0.25) is 0 Å². The largest absolute Gasteiger partial charge is 0.513 e. The fourth-order valence-corrected chi connectivity index (χ4v) is 2.31. The van der Waals surface area contributed by atoms with Crippen molar-refractivity contribution >= 4 is 24.4 Å². The average molecular weight is 485 g/mol. The van der Waals surface area contributed by atoms with Gasteiger partial charge in [0.25, 0.3) is 0 Å². The summed E-state index contributed by atoms with van der Waals surface area (Å²) < 4.78 is 33.8. The molecule has 0 heterocycles. The maximum Gasteiger partial charge on any atom is 0.513 e. The molecule has 190 valence electrons. The molecule has 1 aromatic rings. The van der Waals surface area contributed by atoms with Gasteiger partial charge in [-0.3, -0.25) is 4.79 Å². The lowest BCUT2D eigenvalue weighted by molar-refractivity contribution is -0.148. The van der Waals surface area contributed by atoms with E-state index < -0.39 is 36.6 Å². The number of benzene rings is 1. The Balaban J connectivity index is 2.66. The number of esters is 1. The molecule has 12 nitrogen and oxygen atoms in total. The molecule has 1 aromatic carbocycles. The van der Waals surface area contributed by atoms with Crippen LogP contribution in [0.15, 0.2) is 18.2 Å². The number of carbonyl (C=O) groups is 4. The van der Waals surface area contributed by atoms with Gasteiger partial charge >= 0.3 is 24.4 Å². The minimum atomic E-state index is -1.08. The number of hydrogen-bond acceptors (Lipinski definition) is 12. The summed E-state index contributed by atoms with van der Waals surface area (Å²) in [6.45, 7) is 5.47. The monoisotopic (exact) mass is 485 g/mol. The second kappa shape index (κ2) is 14.6. The van der Waals surface area contributed by atoms with Gasteiger partial charge in [0.1, 0.15) is 18.8 Å². The summed E-state index contributed by atoms with van der Waals surface area (Å²) in [6, 6.07) is 3.11. The fourth-order valence-electron chi connectivity index (χ4n) is 2.31. The third kappa shape index (κ3) is 10.4. The van der Waals surface area contributed by atoms with E-state index in [2.05, 4.69) is 9.47 Å². The molecular weight excluding hydrogens is 454 g/mol. The van der Waals surface area contributed by atoms with Gasteiger partial charge in [0, 0.05) is 0 Å². The van der Waals surface area contributed by atoms with E-state index in [0.29, 0.717) is 5.56 Å². The molecule has 34 heavy (non-hydrogen) atoms. The lowest BCUT2D eigenvalue weighted by atomic mass is 10.1. The van der Waals surface area contributed by atoms with Crippen LogP contribution in [-0.4, -0.2) is 64.0 Å². The molecule has 0 aliphatic rings. The van der Waals surface area contributed by atoms with E-state index in [1.807, 2.05) is 13.8 Å². The minimum Gasteiger partial charge on any atom is -0.461 e. The Hall–Kier alpha value is -3.54. The van der Waals surface area contributed by atoms with Crippen molar-refractivity contribution in [2.75, 3.05) is 27.4 Å². The molecule has 12 heteroatoms. The highest BCUT2D eigenvalue weighted by atomic mass is 16.7. The van der Waals surface area contributed by atoms with Crippen molar-refractivity contribution in [2.45, 2.75) is 45.8 Å². The van der Waals surface area contributed by atoms with Crippen molar-refractivity contribution in [2.24, 2.45) is 11.7 Å². The van der Waals surface area contributed by atoms with Crippen LogP contribution in [0.2, 0.25) is 0 Å². The first-order valence-electron chi connectivity index (χ1n) is 10.5. The zero-order valence-electron chi connectivity index (χ0n) is 19.9. The van der Waals surface area contributed by atoms with Crippen molar-refractivity contribution in [3.05, 3.63) is 23.8 Å². The second-order valence-corrected chi connectivity index (χ2v) is 7.34. The van der Waals surface area contributed by atoms with Gasteiger partial charge in [-0.15, -0.1) is 0 Å². The van der Waals surface area contributed by atoms with E-state index in [1.165, 1.54) is 18.2 Å². The van der Waals surface area contributed by atoms with E-state index in [-0.39, 0.29) is 37.1 Å². The minimum absolute atomic E-state index is 0.00105. The van der Waals surface area contributed by atoms with E-state index in [0.717, 1.165) is 20.6 Å². The molecule has 0 amide bonds. The number of methoxy groups -OCH3 is 2. The van der Waals surface area contributed by atoms with Crippen LogP contribution < -0.4 is 15.2 Å². The number of nitrogens with two attached hydrogens (primary N) is 1. The van der Waals surface area contributed by atoms with Gasteiger partial charge in [-0.25, -0.2) is 14.4 Å². The Morgan fingerprint density at radius 3 is 2.09 bits per heavy atom. The Morgan fingerprint density at radius 2 is 1.50 bits per heavy atom. The standard InChI is InChI=1S/C22H31NO11/c1-6-13(2)11-31-22(27)32-14(3)12-30-19(24)16(23)9-15-7-8-17(33-20(25)28-4)18(10-15)34-21(26)29-5/h7-8,10,13-14,16H,6,9,11-12,23H2,1-5H3/t13?,14-,16-/m0/s1. The van der Waals surface area contributed by atoms with E-state index in [4.69, 9.17) is 29.4 Å². The summed E-state index contributed by atoms with van der Waals surface area (Å²) in [4.78, 5) is 46.7. The first-order chi connectivity index (χ1) is 16.1.